The lowest BCUT2D eigenvalue weighted by Crippen LogP contribution is -2.03. The Bertz CT molecular complexity index is 466. The predicted octanol–water partition coefficient (Wildman–Crippen LogP) is 4.17. The summed E-state index contributed by atoms with van der Waals surface area (Å²) in [5.41, 5.74) is 0.629. The van der Waals surface area contributed by atoms with Gasteiger partial charge in [-0.25, -0.2) is 0 Å². The Labute approximate surface area is 103 Å². The van der Waals surface area contributed by atoms with E-state index >= 15 is 0 Å². The molecule has 0 heterocycles. The fourth-order valence-electron chi connectivity index (χ4n) is 1.29. The third-order valence-electron chi connectivity index (χ3n) is 2.09. The third-order valence-corrected chi connectivity index (χ3v) is 2.52. The summed E-state index contributed by atoms with van der Waals surface area (Å²) in [6, 6.07) is 8.05. The van der Waals surface area contributed by atoms with E-state index in [0.717, 1.165) is 0 Å². The molecule has 0 aliphatic heterocycles. The van der Waals surface area contributed by atoms with Crippen molar-refractivity contribution in [2.24, 2.45) is 0 Å². The van der Waals surface area contributed by atoms with Crippen molar-refractivity contribution < 1.29 is 13.5 Å². The van der Waals surface area contributed by atoms with Gasteiger partial charge in [-0.05, 0) is 18.6 Å². The van der Waals surface area contributed by atoms with Crippen molar-refractivity contribution in [3.63, 3.8) is 0 Å². The van der Waals surface area contributed by atoms with E-state index in [4.69, 9.17) is 16.9 Å². The minimum atomic E-state index is -2.92. The van der Waals surface area contributed by atoms with Gasteiger partial charge in [-0.2, -0.15) is 14.0 Å². The molecular weight excluding hydrogens is 248 g/mol. The molecule has 17 heavy (non-hydrogen) atoms. The zero-order valence-corrected chi connectivity index (χ0v) is 9.84. The lowest BCUT2D eigenvalue weighted by Gasteiger charge is -2.10. The van der Waals surface area contributed by atoms with Gasteiger partial charge >= 0.3 is 6.61 Å². The van der Waals surface area contributed by atoms with Crippen molar-refractivity contribution in [2.45, 2.75) is 20.0 Å². The molecule has 0 aliphatic rings. The molecule has 0 aromatic heterocycles. The number of ether oxygens (including phenoxy) is 1. The highest BCUT2D eigenvalue weighted by Crippen LogP contribution is 2.32. The van der Waals surface area contributed by atoms with Gasteiger partial charge < -0.3 is 4.74 Å². The molecule has 0 bridgehead atoms. The molecule has 0 N–H and O–H groups in total. The molecule has 0 spiro atoms. The number of nitriles is 1. The molecule has 0 fully saturated rings. The number of halogens is 3. The first-order valence-electron chi connectivity index (χ1n) is 4.93. The first kappa shape index (κ1) is 13.5. The second-order valence-corrected chi connectivity index (χ2v) is 3.51. The fourth-order valence-corrected chi connectivity index (χ4v) is 1.62. The zero-order chi connectivity index (χ0) is 12.8. The maximum Gasteiger partial charge on any atom is 0.387 e. The summed E-state index contributed by atoms with van der Waals surface area (Å²) in [5, 5.41) is 8.99. The van der Waals surface area contributed by atoms with Crippen molar-refractivity contribution in [3.8, 4) is 11.8 Å². The average molecular weight is 258 g/mol. The number of alkyl halides is 2. The number of para-hydroxylation sites is 1. The van der Waals surface area contributed by atoms with E-state index in [1.165, 1.54) is 12.1 Å². The Morgan fingerprint density at radius 3 is 2.65 bits per heavy atom. The molecule has 5 heteroatoms. The monoisotopic (exact) mass is 257 g/mol. The van der Waals surface area contributed by atoms with Gasteiger partial charge in [0.25, 0.3) is 0 Å². The zero-order valence-electron chi connectivity index (χ0n) is 9.08. The van der Waals surface area contributed by atoms with Crippen LogP contribution < -0.4 is 4.74 Å². The van der Waals surface area contributed by atoms with Crippen LogP contribution in [0.2, 0.25) is 0 Å². The number of rotatable bonds is 4. The van der Waals surface area contributed by atoms with Gasteiger partial charge in [0, 0.05) is 11.1 Å². The summed E-state index contributed by atoms with van der Waals surface area (Å²) in [7, 11) is 0. The van der Waals surface area contributed by atoms with Crippen LogP contribution in [0.4, 0.5) is 8.78 Å². The highest BCUT2D eigenvalue weighted by atomic mass is 35.5. The van der Waals surface area contributed by atoms with E-state index in [0.29, 0.717) is 17.6 Å². The standard InChI is InChI=1S/C12H10ClF2NO/c1-2-8(7-16)11(13)9-5-3-4-6-10(9)17-12(14)15/h3-6,12H,2H2,1H3. The molecule has 0 amide bonds. The molecular formula is C12H10ClF2NO. The topological polar surface area (TPSA) is 33.0 Å². The van der Waals surface area contributed by atoms with E-state index in [1.807, 2.05) is 6.07 Å². The highest BCUT2D eigenvalue weighted by molar-refractivity contribution is 6.49. The van der Waals surface area contributed by atoms with Gasteiger partial charge in [0.15, 0.2) is 0 Å². The maximum atomic E-state index is 12.2. The number of benzene rings is 1. The molecule has 0 atom stereocenters. The number of hydrogen-bond acceptors (Lipinski definition) is 2. The minimum Gasteiger partial charge on any atom is -0.434 e. The SMILES string of the molecule is CCC(C#N)=C(Cl)c1ccccc1OC(F)F. The van der Waals surface area contributed by atoms with Crippen molar-refractivity contribution >= 4 is 16.6 Å². The summed E-state index contributed by atoms with van der Waals surface area (Å²) in [6.45, 7) is -1.16. The molecule has 0 saturated heterocycles. The molecule has 0 aliphatic carbocycles. The summed E-state index contributed by atoms with van der Waals surface area (Å²) >= 11 is 5.99. The van der Waals surface area contributed by atoms with Crippen LogP contribution in [0, 0.1) is 11.3 Å². The average Bonchev–Trinajstić information content (AvgIpc) is 2.30. The van der Waals surface area contributed by atoms with Crippen LogP contribution in [0.3, 0.4) is 0 Å². The normalized spacial score (nSPS) is 12.0. The molecule has 1 aromatic carbocycles. The lowest BCUT2D eigenvalue weighted by molar-refractivity contribution is -0.0500. The van der Waals surface area contributed by atoms with Crippen LogP contribution in [0.1, 0.15) is 18.9 Å². The first-order valence-corrected chi connectivity index (χ1v) is 5.30. The Morgan fingerprint density at radius 2 is 2.12 bits per heavy atom. The fraction of sp³-hybridized carbons (Fsp3) is 0.250. The van der Waals surface area contributed by atoms with Crippen molar-refractivity contribution in [1.82, 2.24) is 0 Å². The smallest absolute Gasteiger partial charge is 0.387 e. The highest BCUT2D eigenvalue weighted by Gasteiger charge is 2.13. The molecule has 0 unspecified atom stereocenters. The van der Waals surface area contributed by atoms with Crippen molar-refractivity contribution in [1.29, 1.82) is 5.26 Å². The van der Waals surface area contributed by atoms with Crippen molar-refractivity contribution in [3.05, 3.63) is 35.4 Å². The lowest BCUT2D eigenvalue weighted by atomic mass is 10.1. The van der Waals surface area contributed by atoms with Gasteiger partial charge in [0.2, 0.25) is 0 Å². The van der Waals surface area contributed by atoms with Crippen LogP contribution in [-0.4, -0.2) is 6.61 Å². The molecule has 2 nitrogen and oxygen atoms in total. The molecule has 0 saturated carbocycles. The van der Waals surface area contributed by atoms with E-state index in [9.17, 15) is 8.78 Å². The van der Waals surface area contributed by atoms with Gasteiger partial charge in [0.1, 0.15) is 5.75 Å². The number of nitrogens with zero attached hydrogens (tertiary/aromatic N) is 1. The van der Waals surface area contributed by atoms with Crippen LogP contribution in [0.5, 0.6) is 5.75 Å². The van der Waals surface area contributed by atoms with Crippen molar-refractivity contribution in [2.75, 3.05) is 0 Å². The van der Waals surface area contributed by atoms with Crippen LogP contribution in [-0.2, 0) is 0 Å². The third kappa shape index (κ3) is 3.43. The summed E-state index contributed by atoms with van der Waals surface area (Å²) < 4.78 is 28.7. The quantitative estimate of drug-likeness (QED) is 0.759. The van der Waals surface area contributed by atoms with Gasteiger partial charge in [-0.3, -0.25) is 0 Å². The Hall–Kier alpha value is -1.60. The van der Waals surface area contributed by atoms with Gasteiger partial charge in [-0.1, -0.05) is 30.7 Å². The second-order valence-electron chi connectivity index (χ2n) is 3.13. The van der Waals surface area contributed by atoms with Gasteiger partial charge in [-0.15, -0.1) is 0 Å². The Kier molecular flexibility index (Phi) is 4.92. The van der Waals surface area contributed by atoms with E-state index in [2.05, 4.69) is 4.74 Å². The van der Waals surface area contributed by atoms with Crippen LogP contribution in [0.25, 0.3) is 5.03 Å². The Morgan fingerprint density at radius 1 is 1.47 bits per heavy atom. The van der Waals surface area contributed by atoms with E-state index in [-0.39, 0.29) is 10.8 Å². The van der Waals surface area contributed by atoms with Crippen LogP contribution in [0.15, 0.2) is 29.8 Å². The minimum absolute atomic E-state index is 0.0336. The summed E-state index contributed by atoms with van der Waals surface area (Å²) in [5.74, 6) is -0.0336. The number of allylic oxidation sites excluding steroid dienone is 1. The first-order chi connectivity index (χ1) is 8.10. The van der Waals surface area contributed by atoms with E-state index < -0.39 is 6.61 Å². The predicted molar refractivity (Wildman–Crippen MR) is 61.8 cm³/mol. The second kappa shape index (κ2) is 6.21. The van der Waals surface area contributed by atoms with E-state index in [1.54, 1.807) is 19.1 Å². The van der Waals surface area contributed by atoms with Gasteiger partial charge in [0.05, 0.1) is 11.1 Å². The molecule has 1 aromatic rings. The maximum absolute atomic E-state index is 12.2. The summed E-state index contributed by atoms with van der Waals surface area (Å²) in [6.07, 6.45) is 0.429. The molecule has 1 rings (SSSR count). The Balaban J connectivity index is 3.22. The largest absolute Gasteiger partial charge is 0.434 e. The van der Waals surface area contributed by atoms with Crippen LogP contribution >= 0.6 is 11.6 Å². The number of hydrogen-bond donors (Lipinski definition) is 0. The summed E-state index contributed by atoms with van der Waals surface area (Å²) in [4.78, 5) is 0. The molecule has 0 radical (unpaired) electrons. The molecule has 90 valence electrons.